The Labute approximate surface area is 130 Å². The van der Waals surface area contributed by atoms with Crippen molar-refractivity contribution in [3.8, 4) is 5.75 Å². The number of fused-ring (bicyclic) bond motifs is 1. The highest BCUT2D eigenvalue weighted by Gasteiger charge is 2.22. The minimum atomic E-state index is -0.763. The van der Waals surface area contributed by atoms with Gasteiger partial charge in [-0.3, -0.25) is 0 Å². The van der Waals surface area contributed by atoms with Gasteiger partial charge >= 0.3 is 0 Å². The molecule has 0 amide bonds. The lowest BCUT2D eigenvalue weighted by Gasteiger charge is -2.24. The summed E-state index contributed by atoms with van der Waals surface area (Å²) in [6, 6.07) is 23.6. The van der Waals surface area contributed by atoms with Crippen molar-refractivity contribution in [2.24, 2.45) is 5.73 Å². The van der Waals surface area contributed by atoms with E-state index in [0.29, 0.717) is 0 Å². The van der Waals surface area contributed by atoms with Crippen LogP contribution in [0.4, 0.5) is 0 Å². The van der Waals surface area contributed by atoms with Crippen molar-refractivity contribution in [2.45, 2.75) is 12.2 Å². The van der Waals surface area contributed by atoms with Gasteiger partial charge in [0.1, 0.15) is 11.9 Å². The van der Waals surface area contributed by atoms with E-state index in [1.165, 1.54) is 0 Å². The highest BCUT2D eigenvalue weighted by molar-refractivity contribution is 5.88. The van der Waals surface area contributed by atoms with E-state index in [1.807, 2.05) is 72.8 Å². The Balaban J connectivity index is 1.99. The van der Waals surface area contributed by atoms with Gasteiger partial charge in [0, 0.05) is 11.9 Å². The summed E-state index contributed by atoms with van der Waals surface area (Å²) >= 11 is 0. The number of ether oxygens (including phenoxy) is 1. The van der Waals surface area contributed by atoms with Crippen molar-refractivity contribution >= 4 is 10.8 Å². The molecule has 3 rings (SSSR count). The number of aliphatic hydroxyl groups is 1. The number of hydrogen-bond acceptors (Lipinski definition) is 3. The minimum Gasteiger partial charge on any atom is -0.482 e. The van der Waals surface area contributed by atoms with Crippen molar-refractivity contribution in [3.63, 3.8) is 0 Å². The van der Waals surface area contributed by atoms with E-state index in [2.05, 4.69) is 0 Å². The van der Waals surface area contributed by atoms with Crippen LogP contribution < -0.4 is 10.5 Å². The van der Waals surface area contributed by atoms with Gasteiger partial charge in [-0.1, -0.05) is 66.7 Å². The molecule has 112 valence electrons. The molecule has 0 heterocycles. The first kappa shape index (κ1) is 14.6. The zero-order chi connectivity index (χ0) is 15.4. The summed E-state index contributed by atoms with van der Waals surface area (Å²) in [4.78, 5) is 0. The van der Waals surface area contributed by atoms with E-state index < -0.39 is 12.2 Å². The van der Waals surface area contributed by atoms with Crippen LogP contribution in [0.3, 0.4) is 0 Å². The zero-order valence-electron chi connectivity index (χ0n) is 12.2. The SMILES string of the molecule is NC[C@@H](O)[C@@H](Oc1cccc2ccccc12)c1ccccc1. The lowest BCUT2D eigenvalue weighted by Crippen LogP contribution is -2.31. The molecule has 0 spiro atoms. The number of aliphatic hydroxyl groups excluding tert-OH is 1. The van der Waals surface area contributed by atoms with Crippen molar-refractivity contribution < 1.29 is 9.84 Å². The molecule has 0 aliphatic heterocycles. The van der Waals surface area contributed by atoms with Crippen LogP contribution in [0.5, 0.6) is 5.75 Å². The smallest absolute Gasteiger partial charge is 0.151 e. The molecule has 3 aromatic rings. The van der Waals surface area contributed by atoms with Gasteiger partial charge in [0.15, 0.2) is 6.10 Å². The first-order valence-electron chi connectivity index (χ1n) is 7.37. The van der Waals surface area contributed by atoms with Crippen LogP contribution in [0.25, 0.3) is 10.8 Å². The lowest BCUT2D eigenvalue weighted by atomic mass is 10.0. The summed E-state index contributed by atoms with van der Waals surface area (Å²) in [5.41, 5.74) is 6.56. The van der Waals surface area contributed by atoms with E-state index in [9.17, 15) is 5.11 Å². The summed E-state index contributed by atoms with van der Waals surface area (Å²) in [5, 5.41) is 12.4. The number of benzene rings is 3. The van der Waals surface area contributed by atoms with Gasteiger partial charge in [-0.25, -0.2) is 0 Å². The molecule has 3 nitrogen and oxygen atoms in total. The Kier molecular flexibility index (Phi) is 4.37. The topological polar surface area (TPSA) is 55.5 Å². The fourth-order valence-electron chi connectivity index (χ4n) is 2.57. The monoisotopic (exact) mass is 293 g/mol. The summed E-state index contributed by atoms with van der Waals surface area (Å²) in [5.74, 6) is 0.749. The number of hydrogen-bond donors (Lipinski definition) is 2. The highest BCUT2D eigenvalue weighted by atomic mass is 16.5. The third-order valence-electron chi connectivity index (χ3n) is 3.72. The molecule has 0 radical (unpaired) electrons. The highest BCUT2D eigenvalue weighted by Crippen LogP contribution is 2.31. The summed E-state index contributed by atoms with van der Waals surface area (Å²) in [6.07, 6.45) is -1.25. The summed E-state index contributed by atoms with van der Waals surface area (Å²) < 4.78 is 6.14. The van der Waals surface area contributed by atoms with Crippen molar-refractivity contribution in [1.29, 1.82) is 0 Å². The molecule has 22 heavy (non-hydrogen) atoms. The normalized spacial score (nSPS) is 13.7. The van der Waals surface area contributed by atoms with Crippen molar-refractivity contribution in [2.75, 3.05) is 6.54 Å². The Bertz CT molecular complexity index is 737. The molecular formula is C19H19NO2. The van der Waals surface area contributed by atoms with Gasteiger partial charge in [0.2, 0.25) is 0 Å². The summed E-state index contributed by atoms with van der Waals surface area (Å²) in [7, 11) is 0. The molecule has 0 saturated heterocycles. The number of rotatable bonds is 5. The maximum Gasteiger partial charge on any atom is 0.151 e. The summed E-state index contributed by atoms with van der Waals surface area (Å²) in [6.45, 7) is 0.143. The third-order valence-corrected chi connectivity index (χ3v) is 3.72. The van der Waals surface area contributed by atoms with Gasteiger partial charge in [-0.2, -0.15) is 0 Å². The molecule has 2 atom stereocenters. The molecule has 3 N–H and O–H groups in total. The lowest BCUT2D eigenvalue weighted by molar-refractivity contribution is 0.0423. The van der Waals surface area contributed by atoms with Crippen molar-refractivity contribution in [1.82, 2.24) is 0 Å². The van der Waals surface area contributed by atoms with Crippen LogP contribution in [0.15, 0.2) is 72.8 Å². The fraction of sp³-hybridized carbons (Fsp3) is 0.158. The van der Waals surface area contributed by atoms with E-state index >= 15 is 0 Å². The van der Waals surface area contributed by atoms with Gasteiger partial charge in [0.25, 0.3) is 0 Å². The molecule has 0 aromatic heterocycles. The van der Waals surface area contributed by atoms with Crippen LogP contribution >= 0.6 is 0 Å². The molecular weight excluding hydrogens is 274 g/mol. The Hall–Kier alpha value is -2.36. The average molecular weight is 293 g/mol. The second-order valence-electron chi connectivity index (χ2n) is 5.23. The molecule has 0 aliphatic rings. The number of nitrogens with two attached hydrogens (primary N) is 1. The first-order valence-corrected chi connectivity index (χ1v) is 7.37. The maximum absolute atomic E-state index is 10.3. The molecule has 0 aliphatic carbocycles. The molecule has 0 saturated carbocycles. The molecule has 3 heteroatoms. The molecule has 3 aromatic carbocycles. The maximum atomic E-state index is 10.3. The van der Waals surface area contributed by atoms with Crippen LogP contribution in [0.1, 0.15) is 11.7 Å². The van der Waals surface area contributed by atoms with Crippen LogP contribution in [0.2, 0.25) is 0 Å². The second kappa shape index (κ2) is 6.60. The molecule has 0 bridgehead atoms. The van der Waals surface area contributed by atoms with Crippen LogP contribution in [-0.2, 0) is 0 Å². The predicted molar refractivity (Wildman–Crippen MR) is 88.8 cm³/mol. The Morgan fingerprint density at radius 3 is 2.32 bits per heavy atom. The fourth-order valence-corrected chi connectivity index (χ4v) is 2.57. The molecule has 0 fully saturated rings. The van der Waals surface area contributed by atoms with E-state index in [-0.39, 0.29) is 6.54 Å². The largest absolute Gasteiger partial charge is 0.482 e. The second-order valence-corrected chi connectivity index (χ2v) is 5.23. The van der Waals surface area contributed by atoms with Crippen molar-refractivity contribution in [3.05, 3.63) is 78.4 Å². The minimum absolute atomic E-state index is 0.143. The predicted octanol–water partition coefficient (Wildman–Crippen LogP) is 3.28. The average Bonchev–Trinajstić information content (AvgIpc) is 2.60. The van der Waals surface area contributed by atoms with E-state index in [0.717, 1.165) is 22.1 Å². The van der Waals surface area contributed by atoms with Crippen LogP contribution in [0, 0.1) is 0 Å². The first-order chi connectivity index (χ1) is 10.8. The quantitative estimate of drug-likeness (QED) is 0.759. The third kappa shape index (κ3) is 2.96. The molecule has 0 unspecified atom stereocenters. The van der Waals surface area contributed by atoms with Gasteiger partial charge in [0.05, 0.1) is 0 Å². The van der Waals surface area contributed by atoms with Gasteiger partial charge in [-0.15, -0.1) is 0 Å². The Morgan fingerprint density at radius 2 is 1.55 bits per heavy atom. The van der Waals surface area contributed by atoms with Gasteiger partial charge in [-0.05, 0) is 17.0 Å². The van der Waals surface area contributed by atoms with Gasteiger partial charge < -0.3 is 15.6 Å². The Morgan fingerprint density at radius 1 is 0.864 bits per heavy atom. The van der Waals surface area contributed by atoms with E-state index in [4.69, 9.17) is 10.5 Å². The zero-order valence-corrected chi connectivity index (χ0v) is 12.2. The van der Waals surface area contributed by atoms with E-state index in [1.54, 1.807) is 0 Å². The van der Waals surface area contributed by atoms with Crippen LogP contribution in [-0.4, -0.2) is 17.8 Å². The standard InChI is InChI=1S/C19H19NO2/c20-13-17(21)19(15-8-2-1-3-9-15)22-18-12-6-10-14-7-4-5-11-16(14)18/h1-12,17,19,21H,13,20H2/t17-,19+/m1/s1.